The summed E-state index contributed by atoms with van der Waals surface area (Å²) in [6.07, 6.45) is -3.99. The van der Waals surface area contributed by atoms with Gasteiger partial charge in [-0.3, -0.25) is 4.79 Å². The minimum Gasteiger partial charge on any atom is -0.385 e. The number of hydrogen-bond acceptors (Lipinski definition) is 5. The van der Waals surface area contributed by atoms with Crippen molar-refractivity contribution in [3.05, 3.63) is 30.1 Å². The first kappa shape index (κ1) is 19.5. The Morgan fingerprint density at radius 3 is 2.72 bits per heavy atom. The van der Waals surface area contributed by atoms with E-state index in [0.29, 0.717) is 25.0 Å². The third kappa shape index (κ3) is 5.30. The molecule has 0 fully saturated rings. The number of halogens is 3. The lowest BCUT2D eigenvalue weighted by Crippen LogP contribution is -2.32. The summed E-state index contributed by atoms with van der Waals surface area (Å²) in [5, 5.41) is 2.75. The molecule has 0 bridgehead atoms. The topological polar surface area (TPSA) is 64.1 Å². The monoisotopic (exact) mass is 373 g/mol. The summed E-state index contributed by atoms with van der Waals surface area (Å²) in [5.74, 6) is -1.47. The van der Waals surface area contributed by atoms with Crippen LogP contribution >= 0.6 is 11.8 Å². The van der Waals surface area contributed by atoms with Gasteiger partial charge in [0.1, 0.15) is 5.03 Å². The van der Waals surface area contributed by atoms with Crippen molar-refractivity contribution in [3.63, 3.8) is 0 Å². The highest BCUT2D eigenvalue weighted by atomic mass is 32.2. The number of aromatic nitrogens is 2. The minimum atomic E-state index is -4.65. The molecule has 1 heterocycles. The van der Waals surface area contributed by atoms with Crippen molar-refractivity contribution in [1.82, 2.24) is 15.3 Å². The second kappa shape index (κ2) is 8.48. The molecule has 0 spiro atoms. The van der Waals surface area contributed by atoms with Crippen LogP contribution in [0.3, 0.4) is 0 Å². The number of fused-ring (bicyclic) bond motifs is 1. The average Bonchev–Trinajstić information content (AvgIpc) is 2.57. The molecule has 0 aliphatic rings. The molecule has 1 unspecified atom stereocenters. The van der Waals surface area contributed by atoms with Crippen molar-refractivity contribution in [2.45, 2.75) is 29.8 Å². The van der Waals surface area contributed by atoms with E-state index < -0.39 is 17.3 Å². The summed E-state index contributed by atoms with van der Waals surface area (Å²) >= 11 is 0.981. The molecule has 0 aliphatic heterocycles. The zero-order valence-electron chi connectivity index (χ0n) is 13.8. The number of para-hydroxylation sites is 1. The molecular weight excluding hydrogens is 355 g/mol. The van der Waals surface area contributed by atoms with Crippen LogP contribution < -0.4 is 5.32 Å². The van der Waals surface area contributed by atoms with E-state index >= 15 is 0 Å². The Labute approximate surface area is 147 Å². The average molecular weight is 373 g/mol. The van der Waals surface area contributed by atoms with Gasteiger partial charge in [0.25, 0.3) is 0 Å². The van der Waals surface area contributed by atoms with Crippen LogP contribution in [-0.2, 0) is 15.7 Å². The standard InChI is InChI=1S/C16H18F3N3O2S/c1-10(13(23)20-8-5-9-24-2)25-14-11-6-3-4-7-12(11)21-15(22-14)16(17,18)19/h3-4,6-7,10H,5,8-9H2,1-2H3,(H,20,23). The molecule has 1 amide bonds. The normalized spacial score (nSPS) is 13.0. The van der Waals surface area contributed by atoms with Crippen molar-refractivity contribution < 1.29 is 22.7 Å². The van der Waals surface area contributed by atoms with Gasteiger partial charge < -0.3 is 10.1 Å². The maximum atomic E-state index is 13.0. The van der Waals surface area contributed by atoms with E-state index in [1.165, 1.54) is 6.07 Å². The molecule has 5 nitrogen and oxygen atoms in total. The molecule has 2 rings (SSSR count). The fraction of sp³-hybridized carbons (Fsp3) is 0.438. The first-order valence-corrected chi connectivity index (χ1v) is 8.48. The fourth-order valence-electron chi connectivity index (χ4n) is 2.06. The zero-order chi connectivity index (χ0) is 18.4. The Morgan fingerprint density at radius 2 is 2.04 bits per heavy atom. The molecule has 0 saturated heterocycles. The number of methoxy groups -OCH3 is 1. The molecule has 2 aromatic rings. The van der Waals surface area contributed by atoms with Gasteiger partial charge in [-0.25, -0.2) is 9.97 Å². The number of hydrogen-bond donors (Lipinski definition) is 1. The van der Waals surface area contributed by atoms with E-state index in [-0.39, 0.29) is 16.4 Å². The summed E-state index contributed by atoms with van der Waals surface area (Å²) in [5.41, 5.74) is 0.194. The van der Waals surface area contributed by atoms with E-state index in [4.69, 9.17) is 4.74 Å². The first-order chi connectivity index (χ1) is 11.8. The Morgan fingerprint density at radius 1 is 1.32 bits per heavy atom. The van der Waals surface area contributed by atoms with E-state index in [0.717, 1.165) is 11.8 Å². The van der Waals surface area contributed by atoms with Gasteiger partial charge >= 0.3 is 6.18 Å². The Bertz CT molecular complexity index is 740. The fourth-order valence-corrected chi connectivity index (χ4v) is 3.02. The Hall–Kier alpha value is -1.87. The number of amides is 1. The largest absolute Gasteiger partial charge is 0.451 e. The number of ether oxygens (including phenoxy) is 1. The molecule has 1 atom stereocenters. The van der Waals surface area contributed by atoms with E-state index in [9.17, 15) is 18.0 Å². The van der Waals surface area contributed by atoms with Gasteiger partial charge in [0, 0.05) is 25.6 Å². The highest BCUT2D eigenvalue weighted by Gasteiger charge is 2.35. The highest BCUT2D eigenvalue weighted by molar-refractivity contribution is 8.00. The predicted octanol–water partition coefficient (Wildman–Crippen LogP) is 3.28. The molecular formula is C16H18F3N3O2S. The lowest BCUT2D eigenvalue weighted by Gasteiger charge is -2.14. The van der Waals surface area contributed by atoms with Gasteiger partial charge in [-0.2, -0.15) is 13.2 Å². The van der Waals surface area contributed by atoms with Crippen molar-refractivity contribution in [2.75, 3.05) is 20.3 Å². The lowest BCUT2D eigenvalue weighted by molar-refractivity contribution is -0.145. The molecule has 9 heteroatoms. The first-order valence-electron chi connectivity index (χ1n) is 7.60. The van der Waals surface area contributed by atoms with Gasteiger partial charge in [-0.05, 0) is 19.4 Å². The van der Waals surface area contributed by atoms with Crippen molar-refractivity contribution in [3.8, 4) is 0 Å². The molecule has 0 aliphatic carbocycles. The number of nitrogens with zero attached hydrogens (tertiary/aromatic N) is 2. The highest BCUT2D eigenvalue weighted by Crippen LogP contribution is 2.33. The molecule has 0 radical (unpaired) electrons. The minimum absolute atomic E-state index is 0.137. The third-order valence-electron chi connectivity index (χ3n) is 3.30. The molecule has 136 valence electrons. The van der Waals surface area contributed by atoms with Gasteiger partial charge in [0.15, 0.2) is 0 Å². The number of carbonyl (C=O) groups is 1. The summed E-state index contributed by atoms with van der Waals surface area (Å²) in [6, 6.07) is 6.43. The number of alkyl halides is 3. The summed E-state index contributed by atoms with van der Waals surface area (Å²) in [7, 11) is 1.57. The van der Waals surface area contributed by atoms with Crippen LogP contribution in [0.5, 0.6) is 0 Å². The van der Waals surface area contributed by atoms with Gasteiger partial charge in [0.2, 0.25) is 11.7 Å². The number of nitrogens with one attached hydrogen (secondary N) is 1. The van der Waals surface area contributed by atoms with Crippen molar-refractivity contribution >= 4 is 28.6 Å². The van der Waals surface area contributed by atoms with Crippen LogP contribution in [0, 0.1) is 0 Å². The second-order valence-corrected chi connectivity index (χ2v) is 6.59. The van der Waals surface area contributed by atoms with Crippen LogP contribution in [0.1, 0.15) is 19.2 Å². The number of thioether (sulfide) groups is 1. The van der Waals surface area contributed by atoms with Crippen molar-refractivity contribution in [1.29, 1.82) is 0 Å². The van der Waals surface area contributed by atoms with Crippen LogP contribution in [0.15, 0.2) is 29.3 Å². The van der Waals surface area contributed by atoms with E-state index in [1.54, 1.807) is 32.2 Å². The Balaban J connectivity index is 2.20. The van der Waals surface area contributed by atoms with E-state index in [1.807, 2.05) is 0 Å². The Kier molecular flexibility index (Phi) is 6.60. The predicted molar refractivity (Wildman–Crippen MR) is 89.4 cm³/mol. The molecule has 0 saturated carbocycles. The molecule has 1 N–H and O–H groups in total. The van der Waals surface area contributed by atoms with Crippen LogP contribution in [0.4, 0.5) is 13.2 Å². The summed E-state index contributed by atoms with van der Waals surface area (Å²) in [4.78, 5) is 19.3. The zero-order valence-corrected chi connectivity index (χ0v) is 14.6. The second-order valence-electron chi connectivity index (χ2n) is 5.26. The van der Waals surface area contributed by atoms with Gasteiger partial charge in [0.05, 0.1) is 10.8 Å². The number of rotatable bonds is 7. The van der Waals surface area contributed by atoms with Gasteiger partial charge in [-0.1, -0.05) is 30.0 Å². The summed E-state index contributed by atoms with van der Waals surface area (Å²) < 4.78 is 43.9. The maximum Gasteiger partial charge on any atom is 0.451 e. The van der Waals surface area contributed by atoms with E-state index in [2.05, 4.69) is 15.3 Å². The van der Waals surface area contributed by atoms with Crippen LogP contribution in [-0.4, -0.2) is 41.4 Å². The molecule has 1 aromatic carbocycles. The molecule has 1 aromatic heterocycles. The smallest absolute Gasteiger partial charge is 0.385 e. The summed E-state index contributed by atoms with van der Waals surface area (Å²) in [6.45, 7) is 2.59. The van der Waals surface area contributed by atoms with Crippen LogP contribution in [0.2, 0.25) is 0 Å². The lowest BCUT2D eigenvalue weighted by atomic mass is 10.2. The van der Waals surface area contributed by atoms with Crippen LogP contribution in [0.25, 0.3) is 10.9 Å². The maximum absolute atomic E-state index is 13.0. The quantitative estimate of drug-likeness (QED) is 0.458. The number of carbonyl (C=O) groups excluding carboxylic acids is 1. The van der Waals surface area contributed by atoms with Crippen molar-refractivity contribution in [2.24, 2.45) is 0 Å². The third-order valence-corrected chi connectivity index (χ3v) is 4.41. The molecule has 25 heavy (non-hydrogen) atoms. The van der Waals surface area contributed by atoms with Gasteiger partial charge in [-0.15, -0.1) is 0 Å². The number of benzene rings is 1. The SMILES string of the molecule is COCCCNC(=O)C(C)Sc1nc(C(F)(F)F)nc2ccccc12.